The van der Waals surface area contributed by atoms with Crippen LogP contribution in [0.1, 0.15) is 0 Å². The Morgan fingerprint density at radius 2 is 1.85 bits per heavy atom. The van der Waals surface area contributed by atoms with Crippen LogP contribution in [0, 0.1) is 0 Å². The van der Waals surface area contributed by atoms with Gasteiger partial charge in [-0.15, -0.1) is 0 Å². The zero-order chi connectivity index (χ0) is 7.40. The van der Waals surface area contributed by atoms with E-state index in [1.54, 1.807) is 12.1 Å². The van der Waals surface area contributed by atoms with Gasteiger partial charge in [-0.25, -0.2) is 4.98 Å². The minimum atomic E-state index is -2.80. The summed E-state index contributed by atoms with van der Waals surface area (Å²) in [7, 11) is 0. The number of hydrogen-bond acceptors (Lipinski definition) is 2. The molecule has 1 heterocycles. The number of hydrogen-bond donors (Lipinski definition) is 0. The molecule has 1 aromatic rings. The molecule has 0 aromatic carbocycles. The molecule has 13 heavy (non-hydrogen) atoms. The van der Waals surface area contributed by atoms with E-state index in [4.69, 9.17) is 0 Å². The normalized spacial score (nSPS) is 7.62. The summed E-state index contributed by atoms with van der Waals surface area (Å²) in [6.45, 7) is -2.80. The Morgan fingerprint density at radius 1 is 1.23 bits per heavy atom. The maximum Gasteiger partial charge on any atom is 2.00 e. The van der Waals surface area contributed by atoms with Gasteiger partial charge in [-0.2, -0.15) is 8.78 Å². The van der Waals surface area contributed by atoms with Gasteiger partial charge in [0.05, 0.1) is 0 Å². The predicted molar refractivity (Wildman–Crippen MR) is 36.6 cm³/mol. The molecule has 0 unspecified atom stereocenters. The number of ether oxygens (including phenoxy) is 1. The van der Waals surface area contributed by atoms with Gasteiger partial charge in [0, 0.05) is 12.3 Å². The number of pyridine rings is 1. The van der Waals surface area contributed by atoms with E-state index in [9.17, 15) is 8.78 Å². The van der Waals surface area contributed by atoms with Crippen LogP contribution in [-0.4, -0.2) is 34.6 Å². The molecule has 1 aromatic heterocycles. The van der Waals surface area contributed by atoms with Crippen molar-refractivity contribution >= 4 is 23.1 Å². The first kappa shape index (κ1) is 18.8. The zero-order valence-corrected chi connectivity index (χ0v) is 9.39. The Balaban J connectivity index is -0.000000333. The molecule has 0 N–H and O–H groups in total. The van der Waals surface area contributed by atoms with Gasteiger partial charge in [-0.05, 0) is 6.07 Å². The van der Waals surface area contributed by atoms with Crippen molar-refractivity contribution in [3.05, 3.63) is 24.4 Å². The average molecular weight is 240 g/mol. The van der Waals surface area contributed by atoms with Crippen LogP contribution in [-0.2, 0) is 0 Å². The molecule has 0 amide bonds. The second-order valence-electron chi connectivity index (χ2n) is 1.55. The van der Waals surface area contributed by atoms with Crippen LogP contribution in [0.3, 0.4) is 0 Å². The molecule has 0 saturated carbocycles. The fraction of sp³-hybridized carbons (Fsp3) is 0.167. The predicted octanol–water partition coefficient (Wildman–Crippen LogP) is -4.69. The fourth-order valence-corrected chi connectivity index (χ4v) is 0.508. The maximum absolute atomic E-state index is 11.5. The molecule has 0 aliphatic rings. The summed E-state index contributed by atoms with van der Waals surface area (Å²) in [5, 5.41) is 0. The van der Waals surface area contributed by atoms with Crippen molar-refractivity contribution < 1.29 is 38.3 Å². The van der Waals surface area contributed by atoms with Crippen LogP contribution >= 0.6 is 0 Å². The van der Waals surface area contributed by atoms with Crippen molar-refractivity contribution in [2.24, 2.45) is 0 Å². The molecule has 0 radical (unpaired) electrons. The number of rotatable bonds is 2. The van der Waals surface area contributed by atoms with Crippen molar-refractivity contribution in [1.82, 2.24) is 4.98 Å². The Labute approximate surface area is 103 Å². The van der Waals surface area contributed by atoms with Crippen molar-refractivity contribution in [1.29, 1.82) is 0 Å². The fourth-order valence-electron chi connectivity index (χ4n) is 0.508. The van der Waals surface area contributed by atoms with Crippen molar-refractivity contribution in [3.63, 3.8) is 0 Å². The van der Waals surface area contributed by atoms with Gasteiger partial charge in [0.2, 0.25) is 5.88 Å². The van der Waals surface area contributed by atoms with E-state index >= 15 is 0 Å². The summed E-state index contributed by atoms with van der Waals surface area (Å²) in [4.78, 5) is 3.52. The monoisotopic (exact) mass is 239 g/mol. The SMILES string of the molecule is FC(F)Oc1ccccn1.[Cl-].[Cl-].[Mg+2]. The van der Waals surface area contributed by atoms with Gasteiger partial charge < -0.3 is 29.6 Å². The Morgan fingerprint density at radius 3 is 2.23 bits per heavy atom. The summed E-state index contributed by atoms with van der Waals surface area (Å²) in [6.07, 6.45) is 1.39. The standard InChI is InChI=1S/C6H5F2NO.2ClH.Mg/c7-6(8)10-5-3-1-2-4-9-5;;;/h1-4,6H;2*1H;/q;;;+2/p-2. The van der Waals surface area contributed by atoms with Crippen LogP contribution in [0.4, 0.5) is 8.78 Å². The maximum atomic E-state index is 11.5. The first-order valence-corrected chi connectivity index (χ1v) is 2.65. The van der Waals surface area contributed by atoms with Gasteiger partial charge in [-0.3, -0.25) is 0 Å². The minimum Gasteiger partial charge on any atom is -1.00 e. The molecular formula is C6H5Cl2F2MgNO. The molecule has 0 saturated heterocycles. The molecule has 0 aliphatic carbocycles. The second kappa shape index (κ2) is 10.2. The molecule has 2 nitrogen and oxygen atoms in total. The Kier molecular flexibility index (Phi) is 14.8. The number of nitrogens with zero attached hydrogens (tertiary/aromatic N) is 1. The van der Waals surface area contributed by atoms with Crippen molar-refractivity contribution in [3.8, 4) is 5.88 Å². The molecule has 0 fully saturated rings. The van der Waals surface area contributed by atoms with Gasteiger partial charge >= 0.3 is 29.7 Å². The van der Waals surface area contributed by atoms with Crippen molar-refractivity contribution in [2.75, 3.05) is 0 Å². The number of aromatic nitrogens is 1. The van der Waals surface area contributed by atoms with Gasteiger partial charge in [0.15, 0.2) is 0 Å². The van der Waals surface area contributed by atoms with Crippen LogP contribution in [0.2, 0.25) is 0 Å². The molecule has 7 heteroatoms. The second-order valence-corrected chi connectivity index (χ2v) is 1.55. The molecule has 1 rings (SSSR count). The van der Waals surface area contributed by atoms with E-state index in [-0.39, 0.29) is 53.7 Å². The summed E-state index contributed by atoms with van der Waals surface area (Å²) >= 11 is 0. The quantitative estimate of drug-likeness (QED) is 0.485. The zero-order valence-electron chi connectivity index (χ0n) is 6.46. The Hall–Kier alpha value is 0.156. The van der Waals surface area contributed by atoms with E-state index in [0.717, 1.165) is 0 Å². The van der Waals surface area contributed by atoms with Crippen LogP contribution in [0.5, 0.6) is 5.88 Å². The van der Waals surface area contributed by atoms with Gasteiger partial charge in [0.1, 0.15) is 0 Å². The summed E-state index contributed by atoms with van der Waals surface area (Å²) in [6, 6.07) is 4.56. The van der Waals surface area contributed by atoms with Crippen LogP contribution < -0.4 is 29.6 Å². The third-order valence-corrected chi connectivity index (χ3v) is 0.848. The third-order valence-electron chi connectivity index (χ3n) is 0.848. The molecule has 0 spiro atoms. The largest absolute Gasteiger partial charge is 2.00 e. The molecule has 0 atom stereocenters. The minimum absolute atomic E-state index is 0. The molecular weight excluding hydrogens is 235 g/mol. The molecule has 0 bridgehead atoms. The van der Waals surface area contributed by atoms with E-state index < -0.39 is 6.61 Å². The van der Waals surface area contributed by atoms with Gasteiger partial charge in [0.25, 0.3) is 0 Å². The number of alkyl halides is 2. The van der Waals surface area contributed by atoms with Crippen LogP contribution in [0.25, 0.3) is 0 Å². The number of halogens is 4. The topological polar surface area (TPSA) is 22.1 Å². The first-order chi connectivity index (χ1) is 4.79. The first-order valence-electron chi connectivity index (χ1n) is 2.65. The van der Waals surface area contributed by atoms with E-state index in [0.29, 0.717) is 0 Å². The smallest absolute Gasteiger partial charge is 1.00 e. The van der Waals surface area contributed by atoms with E-state index in [1.807, 2.05) is 0 Å². The third kappa shape index (κ3) is 8.49. The molecule has 0 aliphatic heterocycles. The molecule has 70 valence electrons. The van der Waals surface area contributed by atoms with E-state index in [1.165, 1.54) is 12.3 Å². The van der Waals surface area contributed by atoms with Crippen LogP contribution in [0.15, 0.2) is 24.4 Å². The average Bonchev–Trinajstić information content (AvgIpc) is 1.88. The summed E-state index contributed by atoms with van der Waals surface area (Å²) in [5.74, 6) is -0.0579. The summed E-state index contributed by atoms with van der Waals surface area (Å²) in [5.41, 5.74) is 0. The van der Waals surface area contributed by atoms with E-state index in [2.05, 4.69) is 9.72 Å². The summed E-state index contributed by atoms with van der Waals surface area (Å²) < 4.78 is 26.9. The van der Waals surface area contributed by atoms with Gasteiger partial charge in [-0.1, -0.05) is 6.07 Å². The van der Waals surface area contributed by atoms with Crippen molar-refractivity contribution in [2.45, 2.75) is 6.61 Å². The Bertz CT molecular complexity index is 203.